The molecule has 1 fully saturated rings. The molecule has 1 aliphatic rings. The van der Waals surface area contributed by atoms with E-state index in [0.29, 0.717) is 4.64 Å². The molecule has 1 unspecified atom stereocenters. The van der Waals surface area contributed by atoms with Gasteiger partial charge in [0.15, 0.2) is 0 Å². The quantitative estimate of drug-likeness (QED) is 0.704. The summed E-state index contributed by atoms with van der Waals surface area (Å²) in [5.41, 5.74) is 0.908. The molecule has 1 aromatic heterocycles. The average molecular weight is 237 g/mol. The van der Waals surface area contributed by atoms with Crippen molar-refractivity contribution in [3.8, 4) is 0 Å². The number of nitrogens with zero attached hydrogens (tertiary/aromatic N) is 2. The lowest BCUT2D eigenvalue weighted by Crippen LogP contribution is -2.45. The Morgan fingerprint density at radius 2 is 2.19 bits per heavy atom. The summed E-state index contributed by atoms with van der Waals surface area (Å²) in [6.07, 6.45) is 4.96. The highest BCUT2D eigenvalue weighted by molar-refractivity contribution is 7.71. The van der Waals surface area contributed by atoms with Gasteiger partial charge in [0.25, 0.3) is 0 Å². The lowest BCUT2D eigenvalue weighted by Gasteiger charge is -2.43. The Bertz CT molecular complexity index is 443. The van der Waals surface area contributed by atoms with Gasteiger partial charge in [-0.1, -0.05) is 24.7 Å². The number of likely N-dealkylation sites (tertiary alicyclic amines) is 1. The fourth-order valence-corrected chi connectivity index (χ4v) is 2.83. The van der Waals surface area contributed by atoms with Crippen LogP contribution in [0, 0.1) is 9.85 Å². The average Bonchev–Trinajstić information content (AvgIpc) is 2.26. The summed E-state index contributed by atoms with van der Waals surface area (Å²) in [6, 6.07) is 3.77. The van der Waals surface area contributed by atoms with Gasteiger partial charge in [-0.3, -0.25) is 4.90 Å². The normalized spacial score (nSPS) is 26.9. The zero-order valence-corrected chi connectivity index (χ0v) is 10.6. The molecule has 3 nitrogen and oxygen atoms in total. The molecule has 2 heterocycles. The van der Waals surface area contributed by atoms with Crippen LogP contribution in [0.4, 0.5) is 0 Å². The number of hydrogen-bond donors (Lipinski definition) is 0. The van der Waals surface area contributed by atoms with E-state index < -0.39 is 0 Å². The number of pyridine rings is 1. The summed E-state index contributed by atoms with van der Waals surface area (Å²) < 4.78 is 1.21. The second-order valence-electron chi connectivity index (χ2n) is 4.71. The first-order valence-electron chi connectivity index (χ1n) is 5.66. The monoisotopic (exact) mass is 237 g/mol. The van der Waals surface area contributed by atoms with Gasteiger partial charge in [0.1, 0.15) is 4.64 Å². The second-order valence-corrected chi connectivity index (χ2v) is 5.09. The van der Waals surface area contributed by atoms with E-state index in [2.05, 4.69) is 18.9 Å². The lowest BCUT2D eigenvalue weighted by atomic mass is 9.83. The first-order chi connectivity index (χ1) is 7.55. The fourth-order valence-electron chi connectivity index (χ4n) is 2.48. The predicted molar refractivity (Wildman–Crippen MR) is 67.9 cm³/mol. The molecular formula is C12H17N2OS-. The van der Waals surface area contributed by atoms with Gasteiger partial charge in [-0.15, -0.1) is 0 Å². The number of rotatable bonds is 1. The van der Waals surface area contributed by atoms with Crippen LogP contribution in [0.15, 0.2) is 18.3 Å². The molecule has 0 saturated carbocycles. The minimum atomic E-state index is -0.0806. The summed E-state index contributed by atoms with van der Waals surface area (Å²) in [5.74, 6) is 0. The summed E-state index contributed by atoms with van der Waals surface area (Å²) >= 11 is 5.22. The van der Waals surface area contributed by atoms with Crippen LogP contribution in [0.3, 0.4) is 0 Å². The van der Waals surface area contributed by atoms with Gasteiger partial charge in [-0.25, -0.2) is 0 Å². The highest BCUT2D eigenvalue weighted by Crippen LogP contribution is 2.36. The van der Waals surface area contributed by atoms with Crippen LogP contribution in [0.2, 0.25) is 0 Å². The topological polar surface area (TPSA) is 31.2 Å². The Kier molecular flexibility index (Phi) is 3.04. The molecule has 16 heavy (non-hydrogen) atoms. The Labute approximate surface area is 101 Å². The van der Waals surface area contributed by atoms with Gasteiger partial charge in [0.2, 0.25) is 0 Å². The SMILES string of the molecule is CN1CCCCC1(C)c1cccn([O-])c1=S. The van der Waals surface area contributed by atoms with E-state index in [9.17, 15) is 5.21 Å². The molecule has 0 N–H and O–H groups in total. The first-order valence-corrected chi connectivity index (χ1v) is 6.07. The third kappa shape index (κ3) is 1.76. The molecule has 1 atom stereocenters. The lowest BCUT2D eigenvalue weighted by molar-refractivity contribution is 0.0876. The third-order valence-corrected chi connectivity index (χ3v) is 4.14. The van der Waals surface area contributed by atoms with Crippen LogP contribution in [0.25, 0.3) is 0 Å². The maximum atomic E-state index is 11.5. The van der Waals surface area contributed by atoms with Gasteiger partial charge in [-0.2, -0.15) is 0 Å². The predicted octanol–water partition coefficient (Wildman–Crippen LogP) is 2.89. The van der Waals surface area contributed by atoms with E-state index >= 15 is 0 Å². The molecule has 4 heteroatoms. The van der Waals surface area contributed by atoms with Crippen molar-refractivity contribution in [1.82, 2.24) is 9.63 Å². The molecular weight excluding hydrogens is 220 g/mol. The Hall–Kier alpha value is -0.870. The summed E-state index contributed by atoms with van der Waals surface area (Å²) in [6.45, 7) is 3.25. The van der Waals surface area contributed by atoms with E-state index in [4.69, 9.17) is 12.2 Å². The molecule has 0 spiro atoms. The highest BCUT2D eigenvalue weighted by Gasteiger charge is 2.34. The van der Waals surface area contributed by atoms with Gasteiger partial charge in [-0.05, 0) is 45.6 Å². The van der Waals surface area contributed by atoms with E-state index in [0.717, 1.165) is 23.3 Å². The first kappa shape index (κ1) is 11.6. The molecule has 0 bridgehead atoms. The van der Waals surface area contributed by atoms with E-state index in [1.165, 1.54) is 19.0 Å². The molecule has 1 aliphatic heterocycles. The van der Waals surface area contributed by atoms with Crippen molar-refractivity contribution in [2.24, 2.45) is 0 Å². The molecule has 0 aromatic carbocycles. The van der Waals surface area contributed by atoms with Crippen LogP contribution in [-0.2, 0) is 5.54 Å². The maximum absolute atomic E-state index is 11.5. The maximum Gasteiger partial charge on any atom is 0.106 e. The van der Waals surface area contributed by atoms with Crippen molar-refractivity contribution in [3.63, 3.8) is 0 Å². The van der Waals surface area contributed by atoms with Gasteiger partial charge in [0, 0.05) is 11.1 Å². The van der Waals surface area contributed by atoms with Crippen LogP contribution in [0.5, 0.6) is 0 Å². The van der Waals surface area contributed by atoms with Crippen molar-refractivity contribution in [1.29, 1.82) is 0 Å². The summed E-state index contributed by atoms with van der Waals surface area (Å²) in [5, 5.41) is 11.5. The van der Waals surface area contributed by atoms with Crippen molar-refractivity contribution in [2.75, 3.05) is 13.6 Å². The van der Waals surface area contributed by atoms with Crippen LogP contribution in [0.1, 0.15) is 31.7 Å². The van der Waals surface area contributed by atoms with E-state index in [-0.39, 0.29) is 5.54 Å². The number of piperidine rings is 1. The molecule has 1 saturated heterocycles. The molecule has 0 radical (unpaired) electrons. The van der Waals surface area contributed by atoms with Gasteiger partial charge < -0.3 is 9.94 Å². The largest absolute Gasteiger partial charge is 0.805 e. The third-order valence-electron chi connectivity index (χ3n) is 3.74. The Morgan fingerprint density at radius 1 is 1.44 bits per heavy atom. The zero-order chi connectivity index (χ0) is 11.8. The van der Waals surface area contributed by atoms with Crippen LogP contribution < -0.4 is 0 Å². The minimum Gasteiger partial charge on any atom is -0.805 e. The zero-order valence-electron chi connectivity index (χ0n) is 9.77. The van der Waals surface area contributed by atoms with E-state index in [1.807, 2.05) is 6.07 Å². The van der Waals surface area contributed by atoms with Gasteiger partial charge >= 0.3 is 0 Å². The standard InChI is InChI=1S/C12H17N2OS/c1-12(7-3-4-8-13(12)2)10-6-5-9-14(15)11(10)16/h5-6,9H,3-4,7-8H2,1-2H3/q-1. The fraction of sp³-hybridized carbons (Fsp3) is 0.583. The smallest absolute Gasteiger partial charge is 0.106 e. The molecule has 2 rings (SSSR count). The minimum absolute atomic E-state index is 0.0806. The van der Waals surface area contributed by atoms with Gasteiger partial charge in [0.05, 0.1) is 0 Å². The summed E-state index contributed by atoms with van der Waals surface area (Å²) in [7, 11) is 2.11. The number of hydrogen-bond acceptors (Lipinski definition) is 3. The number of aromatic nitrogens is 1. The van der Waals surface area contributed by atoms with Crippen molar-refractivity contribution in [2.45, 2.75) is 31.7 Å². The van der Waals surface area contributed by atoms with E-state index in [1.54, 1.807) is 6.07 Å². The summed E-state index contributed by atoms with van der Waals surface area (Å²) in [4.78, 5) is 2.31. The Balaban J connectivity index is 2.49. The van der Waals surface area contributed by atoms with Crippen LogP contribution in [-0.4, -0.2) is 23.2 Å². The van der Waals surface area contributed by atoms with Crippen molar-refractivity contribution in [3.05, 3.63) is 33.7 Å². The van der Waals surface area contributed by atoms with Crippen LogP contribution >= 0.6 is 12.2 Å². The molecule has 0 aliphatic carbocycles. The molecule has 0 amide bonds. The molecule has 88 valence electrons. The Morgan fingerprint density at radius 3 is 2.88 bits per heavy atom. The molecule has 1 aromatic rings. The van der Waals surface area contributed by atoms with Crippen molar-refractivity contribution >= 4 is 12.2 Å². The highest BCUT2D eigenvalue weighted by atomic mass is 32.1. The van der Waals surface area contributed by atoms with Crippen molar-refractivity contribution < 1.29 is 0 Å². The second kappa shape index (κ2) is 4.18.